The van der Waals surface area contributed by atoms with E-state index in [9.17, 15) is 4.79 Å². The summed E-state index contributed by atoms with van der Waals surface area (Å²) < 4.78 is 5.25. The number of nitrogens with one attached hydrogen (secondary N) is 1. The molecule has 0 aromatic carbocycles. The molecule has 1 unspecified atom stereocenters. The van der Waals surface area contributed by atoms with Gasteiger partial charge in [0, 0.05) is 6.61 Å². The number of rotatable bonds is 9. The van der Waals surface area contributed by atoms with Crippen LogP contribution in [0.25, 0.3) is 0 Å². The molecule has 4 heteroatoms. The van der Waals surface area contributed by atoms with Gasteiger partial charge in [0.25, 0.3) is 0 Å². The van der Waals surface area contributed by atoms with Crippen molar-refractivity contribution in [1.29, 1.82) is 0 Å². The zero-order chi connectivity index (χ0) is 10.8. The van der Waals surface area contributed by atoms with Crippen LogP contribution in [0.5, 0.6) is 0 Å². The zero-order valence-corrected chi connectivity index (χ0v) is 9.08. The van der Waals surface area contributed by atoms with Gasteiger partial charge in [-0.1, -0.05) is 20.3 Å². The molecule has 0 aliphatic carbocycles. The Kier molecular flexibility index (Phi) is 8.57. The van der Waals surface area contributed by atoms with Gasteiger partial charge in [0.1, 0.15) is 6.04 Å². The van der Waals surface area contributed by atoms with Gasteiger partial charge in [-0.3, -0.25) is 4.79 Å². The molecule has 0 radical (unpaired) electrons. The van der Waals surface area contributed by atoms with Crippen molar-refractivity contribution in [2.45, 2.75) is 39.2 Å². The van der Waals surface area contributed by atoms with Gasteiger partial charge in [-0.15, -0.1) is 0 Å². The molecular formula is C10H21NO3. The normalized spacial score (nSPS) is 12.7. The van der Waals surface area contributed by atoms with Crippen LogP contribution in [0.3, 0.4) is 0 Å². The van der Waals surface area contributed by atoms with Crippen LogP contribution in [0.15, 0.2) is 0 Å². The summed E-state index contributed by atoms with van der Waals surface area (Å²) in [5.74, 6) is -0.838. The minimum Gasteiger partial charge on any atom is -0.480 e. The first-order valence-electron chi connectivity index (χ1n) is 5.26. The fraction of sp³-hybridized carbons (Fsp3) is 0.900. The Hall–Kier alpha value is -0.610. The van der Waals surface area contributed by atoms with Gasteiger partial charge in [-0.25, -0.2) is 0 Å². The van der Waals surface area contributed by atoms with Crippen molar-refractivity contribution in [1.82, 2.24) is 5.32 Å². The Morgan fingerprint density at radius 3 is 2.64 bits per heavy atom. The molecule has 0 bridgehead atoms. The van der Waals surface area contributed by atoms with Crippen LogP contribution in [0, 0.1) is 0 Å². The highest BCUT2D eigenvalue weighted by atomic mass is 16.5. The van der Waals surface area contributed by atoms with Gasteiger partial charge in [-0.05, 0) is 19.4 Å². The summed E-state index contributed by atoms with van der Waals surface area (Å²) in [7, 11) is 0. The van der Waals surface area contributed by atoms with E-state index in [1.54, 1.807) is 0 Å². The molecule has 14 heavy (non-hydrogen) atoms. The first-order valence-corrected chi connectivity index (χ1v) is 5.26. The molecule has 4 nitrogen and oxygen atoms in total. The number of hydrogen-bond donors (Lipinski definition) is 2. The van der Waals surface area contributed by atoms with E-state index in [1.807, 2.05) is 6.92 Å². The largest absolute Gasteiger partial charge is 0.480 e. The van der Waals surface area contributed by atoms with E-state index in [-0.39, 0.29) is 6.61 Å². The smallest absolute Gasteiger partial charge is 0.323 e. The van der Waals surface area contributed by atoms with Gasteiger partial charge in [0.05, 0.1) is 6.61 Å². The summed E-state index contributed by atoms with van der Waals surface area (Å²) >= 11 is 0. The number of hydrogen-bond acceptors (Lipinski definition) is 3. The monoisotopic (exact) mass is 203 g/mol. The predicted molar refractivity (Wildman–Crippen MR) is 55.4 cm³/mol. The van der Waals surface area contributed by atoms with Crippen LogP contribution in [0.4, 0.5) is 0 Å². The van der Waals surface area contributed by atoms with E-state index in [0.717, 1.165) is 19.3 Å². The second-order valence-electron chi connectivity index (χ2n) is 3.27. The minimum atomic E-state index is -0.838. The van der Waals surface area contributed by atoms with Gasteiger partial charge in [0.2, 0.25) is 0 Å². The van der Waals surface area contributed by atoms with Gasteiger partial charge < -0.3 is 15.2 Å². The van der Waals surface area contributed by atoms with Crippen molar-refractivity contribution < 1.29 is 14.6 Å². The maximum Gasteiger partial charge on any atom is 0.323 e. The summed E-state index contributed by atoms with van der Waals surface area (Å²) in [6.45, 7) is 5.70. The second kappa shape index (κ2) is 8.97. The van der Waals surface area contributed by atoms with Gasteiger partial charge >= 0.3 is 5.97 Å². The predicted octanol–water partition coefficient (Wildman–Crippen LogP) is 1.26. The first-order chi connectivity index (χ1) is 6.72. The van der Waals surface area contributed by atoms with Crippen LogP contribution in [-0.4, -0.2) is 36.9 Å². The number of carboxylic acids is 1. The molecule has 0 saturated carbocycles. The topological polar surface area (TPSA) is 58.6 Å². The summed E-state index contributed by atoms with van der Waals surface area (Å²) in [4.78, 5) is 10.7. The lowest BCUT2D eigenvalue weighted by molar-refractivity contribution is -0.141. The van der Waals surface area contributed by atoms with Crippen LogP contribution < -0.4 is 5.32 Å². The molecule has 0 aromatic heterocycles. The van der Waals surface area contributed by atoms with Crippen LogP contribution in [0.1, 0.15) is 33.1 Å². The zero-order valence-electron chi connectivity index (χ0n) is 9.08. The number of carbonyl (C=O) groups is 1. The molecule has 1 atom stereocenters. The molecule has 0 aromatic rings. The van der Waals surface area contributed by atoms with Crippen molar-refractivity contribution >= 4 is 5.97 Å². The third kappa shape index (κ3) is 6.86. The maximum absolute atomic E-state index is 10.7. The SMILES string of the molecule is CCCCOCC(NCCC)C(=O)O. The van der Waals surface area contributed by atoms with Crippen molar-refractivity contribution in [3.63, 3.8) is 0 Å². The quantitative estimate of drug-likeness (QED) is 0.554. The van der Waals surface area contributed by atoms with Crippen molar-refractivity contribution in [3.8, 4) is 0 Å². The molecule has 0 spiro atoms. The standard InChI is InChI=1S/C10H21NO3/c1-3-5-7-14-8-9(10(12)13)11-6-4-2/h9,11H,3-8H2,1-2H3,(H,12,13). The average Bonchev–Trinajstić information content (AvgIpc) is 2.16. The van der Waals surface area contributed by atoms with E-state index in [4.69, 9.17) is 9.84 Å². The highest BCUT2D eigenvalue weighted by Crippen LogP contribution is 1.92. The summed E-state index contributed by atoms with van der Waals surface area (Å²) in [6.07, 6.45) is 2.99. The van der Waals surface area contributed by atoms with Crippen molar-refractivity contribution in [2.24, 2.45) is 0 Å². The highest BCUT2D eigenvalue weighted by Gasteiger charge is 2.15. The lowest BCUT2D eigenvalue weighted by atomic mass is 10.3. The van der Waals surface area contributed by atoms with Crippen LogP contribution in [0.2, 0.25) is 0 Å². The first kappa shape index (κ1) is 13.4. The summed E-state index contributed by atoms with van der Waals surface area (Å²) in [5.41, 5.74) is 0. The van der Waals surface area contributed by atoms with Gasteiger partial charge in [-0.2, -0.15) is 0 Å². The van der Waals surface area contributed by atoms with E-state index < -0.39 is 12.0 Å². The Morgan fingerprint density at radius 1 is 1.43 bits per heavy atom. The Balaban J connectivity index is 3.57. The molecule has 0 rings (SSSR count). The summed E-state index contributed by atoms with van der Waals surface area (Å²) in [5, 5.41) is 11.7. The van der Waals surface area contributed by atoms with Crippen LogP contribution >= 0.6 is 0 Å². The second-order valence-corrected chi connectivity index (χ2v) is 3.27. The molecule has 0 amide bonds. The number of ether oxygens (including phenoxy) is 1. The van der Waals surface area contributed by atoms with E-state index >= 15 is 0 Å². The molecular weight excluding hydrogens is 182 g/mol. The van der Waals surface area contributed by atoms with E-state index in [0.29, 0.717) is 13.2 Å². The molecule has 2 N–H and O–H groups in total. The fourth-order valence-corrected chi connectivity index (χ4v) is 0.984. The molecule has 0 saturated heterocycles. The number of unbranched alkanes of at least 4 members (excludes halogenated alkanes) is 1. The molecule has 0 aliphatic rings. The molecule has 0 fully saturated rings. The maximum atomic E-state index is 10.7. The van der Waals surface area contributed by atoms with E-state index in [1.165, 1.54) is 0 Å². The molecule has 0 heterocycles. The summed E-state index contributed by atoms with van der Waals surface area (Å²) in [6, 6.07) is -0.563. The highest BCUT2D eigenvalue weighted by molar-refractivity contribution is 5.73. The third-order valence-corrected chi connectivity index (χ3v) is 1.87. The molecule has 84 valence electrons. The van der Waals surface area contributed by atoms with E-state index in [2.05, 4.69) is 12.2 Å². The fourth-order valence-electron chi connectivity index (χ4n) is 0.984. The third-order valence-electron chi connectivity index (χ3n) is 1.87. The van der Waals surface area contributed by atoms with Crippen molar-refractivity contribution in [2.75, 3.05) is 19.8 Å². The number of carboxylic acid groups (broad SMARTS) is 1. The van der Waals surface area contributed by atoms with Crippen molar-refractivity contribution in [3.05, 3.63) is 0 Å². The number of aliphatic carboxylic acids is 1. The average molecular weight is 203 g/mol. The lowest BCUT2D eigenvalue weighted by Gasteiger charge is -2.13. The Labute approximate surface area is 85.6 Å². The minimum absolute atomic E-state index is 0.259. The molecule has 0 aliphatic heterocycles. The van der Waals surface area contributed by atoms with Gasteiger partial charge in [0.15, 0.2) is 0 Å². The Bertz CT molecular complexity index is 150. The Morgan fingerprint density at radius 2 is 2.14 bits per heavy atom. The van der Waals surface area contributed by atoms with Crippen LogP contribution in [-0.2, 0) is 9.53 Å². The lowest BCUT2D eigenvalue weighted by Crippen LogP contribution is -2.41.